The Kier molecular flexibility index (Phi) is 3.93. The fraction of sp³-hybridized carbons (Fsp3) is 0. The molecular weight excluding hydrogens is 398 g/mol. The molecule has 0 aliphatic heterocycles. The zero-order valence-corrected chi connectivity index (χ0v) is 12.3. The Morgan fingerprint density at radius 1 is 1.18 bits per heavy atom. The molecule has 1 nitrogen and oxygen atoms in total. The Balaban J connectivity index is 2.47. The van der Waals surface area contributed by atoms with E-state index in [0.717, 1.165) is 3.57 Å². The smallest absolute Gasteiger partial charge is 0.194 e. The highest BCUT2D eigenvalue weighted by molar-refractivity contribution is 14.1. The van der Waals surface area contributed by atoms with E-state index in [1.165, 1.54) is 18.2 Å². The first-order chi connectivity index (χ1) is 8.08. The Hall–Kier alpha value is -0.750. The van der Waals surface area contributed by atoms with E-state index in [2.05, 4.69) is 38.5 Å². The minimum absolute atomic E-state index is 0.185. The molecule has 0 atom stereocenters. The van der Waals surface area contributed by atoms with Gasteiger partial charge in [-0.2, -0.15) is 0 Å². The first-order valence-corrected chi connectivity index (χ1v) is 6.70. The van der Waals surface area contributed by atoms with Crippen molar-refractivity contribution in [3.05, 3.63) is 67.5 Å². The average Bonchev–Trinajstić information content (AvgIpc) is 2.31. The van der Waals surface area contributed by atoms with Crippen LogP contribution in [0.4, 0.5) is 4.39 Å². The lowest BCUT2D eigenvalue weighted by Crippen LogP contribution is -2.03. The van der Waals surface area contributed by atoms with Crippen molar-refractivity contribution in [2.24, 2.45) is 0 Å². The molecule has 0 saturated carbocycles. The maximum Gasteiger partial charge on any atom is 0.194 e. The van der Waals surface area contributed by atoms with Gasteiger partial charge in [0.2, 0.25) is 0 Å². The van der Waals surface area contributed by atoms with E-state index in [0.29, 0.717) is 15.6 Å². The Labute approximate surface area is 120 Å². The number of ketones is 1. The molecule has 17 heavy (non-hydrogen) atoms. The summed E-state index contributed by atoms with van der Waals surface area (Å²) >= 11 is 5.46. The van der Waals surface area contributed by atoms with E-state index in [1.54, 1.807) is 12.1 Å². The highest BCUT2D eigenvalue weighted by Gasteiger charge is 2.13. The van der Waals surface area contributed by atoms with Gasteiger partial charge in [-0.3, -0.25) is 4.79 Å². The maximum atomic E-state index is 13.1. The minimum atomic E-state index is -0.405. The van der Waals surface area contributed by atoms with Crippen LogP contribution in [0, 0.1) is 9.39 Å². The molecule has 0 unspecified atom stereocenters. The first kappa shape index (κ1) is 12.7. The van der Waals surface area contributed by atoms with Crippen LogP contribution >= 0.6 is 38.5 Å². The lowest BCUT2D eigenvalue weighted by atomic mass is 10.0. The van der Waals surface area contributed by atoms with Crippen LogP contribution in [-0.4, -0.2) is 5.78 Å². The van der Waals surface area contributed by atoms with Crippen molar-refractivity contribution in [3.63, 3.8) is 0 Å². The van der Waals surface area contributed by atoms with Crippen LogP contribution in [0.1, 0.15) is 15.9 Å². The molecule has 0 heterocycles. The minimum Gasteiger partial charge on any atom is -0.289 e. The second-order valence-electron chi connectivity index (χ2n) is 3.46. The molecule has 2 aromatic rings. The van der Waals surface area contributed by atoms with Gasteiger partial charge in [-0.15, -0.1) is 0 Å². The van der Waals surface area contributed by atoms with Crippen molar-refractivity contribution < 1.29 is 9.18 Å². The molecule has 0 aliphatic rings. The number of hydrogen-bond donors (Lipinski definition) is 0. The van der Waals surface area contributed by atoms with Gasteiger partial charge in [-0.05, 0) is 52.9 Å². The van der Waals surface area contributed by atoms with Crippen LogP contribution in [0.25, 0.3) is 0 Å². The Morgan fingerprint density at radius 3 is 2.65 bits per heavy atom. The fourth-order valence-corrected chi connectivity index (χ4v) is 2.37. The molecule has 0 spiro atoms. The lowest BCUT2D eigenvalue weighted by molar-refractivity contribution is 0.103. The van der Waals surface area contributed by atoms with Gasteiger partial charge >= 0.3 is 0 Å². The fourth-order valence-electron chi connectivity index (χ4n) is 1.46. The first-order valence-electron chi connectivity index (χ1n) is 4.83. The van der Waals surface area contributed by atoms with Crippen molar-refractivity contribution in [2.75, 3.05) is 0 Å². The van der Waals surface area contributed by atoms with Crippen molar-refractivity contribution >= 4 is 44.3 Å². The average molecular weight is 405 g/mol. The van der Waals surface area contributed by atoms with Crippen molar-refractivity contribution in [1.29, 1.82) is 0 Å². The molecule has 4 heteroatoms. The summed E-state index contributed by atoms with van der Waals surface area (Å²) in [5.74, 6) is -0.590. The summed E-state index contributed by atoms with van der Waals surface area (Å²) in [5, 5.41) is 0. The monoisotopic (exact) mass is 404 g/mol. The zero-order chi connectivity index (χ0) is 12.4. The maximum absolute atomic E-state index is 13.1. The van der Waals surface area contributed by atoms with Gasteiger partial charge in [-0.1, -0.05) is 28.1 Å². The molecule has 0 saturated heterocycles. The normalized spacial score (nSPS) is 10.3. The van der Waals surface area contributed by atoms with Gasteiger partial charge in [-0.25, -0.2) is 4.39 Å². The number of carbonyl (C=O) groups is 1. The van der Waals surface area contributed by atoms with Crippen LogP contribution < -0.4 is 0 Å². The van der Waals surface area contributed by atoms with Gasteiger partial charge in [0, 0.05) is 19.2 Å². The summed E-state index contributed by atoms with van der Waals surface area (Å²) in [5.41, 5.74) is 0.898. The third kappa shape index (κ3) is 2.93. The van der Waals surface area contributed by atoms with Crippen LogP contribution in [-0.2, 0) is 0 Å². The molecule has 0 N–H and O–H groups in total. The SMILES string of the molecule is O=C(c1cccc(F)c1)c1cc(I)ccc1Br. The largest absolute Gasteiger partial charge is 0.289 e. The van der Waals surface area contributed by atoms with Gasteiger partial charge in [0.15, 0.2) is 5.78 Å². The molecule has 0 amide bonds. The van der Waals surface area contributed by atoms with Gasteiger partial charge in [0.05, 0.1) is 0 Å². The van der Waals surface area contributed by atoms with Gasteiger partial charge < -0.3 is 0 Å². The number of halogens is 3. The van der Waals surface area contributed by atoms with E-state index in [9.17, 15) is 9.18 Å². The van der Waals surface area contributed by atoms with E-state index in [-0.39, 0.29) is 5.78 Å². The molecule has 2 rings (SSSR count). The topological polar surface area (TPSA) is 17.1 Å². The zero-order valence-electron chi connectivity index (χ0n) is 8.58. The van der Waals surface area contributed by atoms with Crippen LogP contribution in [0.3, 0.4) is 0 Å². The van der Waals surface area contributed by atoms with Crippen molar-refractivity contribution in [1.82, 2.24) is 0 Å². The van der Waals surface area contributed by atoms with Gasteiger partial charge in [0.25, 0.3) is 0 Å². The summed E-state index contributed by atoms with van der Waals surface area (Å²) in [4.78, 5) is 12.2. The third-order valence-electron chi connectivity index (χ3n) is 2.26. The molecule has 0 radical (unpaired) electrons. The third-order valence-corrected chi connectivity index (χ3v) is 3.62. The summed E-state index contributed by atoms with van der Waals surface area (Å²) in [6, 6.07) is 11.2. The van der Waals surface area contributed by atoms with E-state index >= 15 is 0 Å². The summed E-state index contributed by atoms with van der Waals surface area (Å²) < 4.78 is 14.7. The number of benzene rings is 2. The predicted octanol–water partition coefficient (Wildman–Crippen LogP) is 4.42. The van der Waals surface area contributed by atoms with E-state index < -0.39 is 5.82 Å². The van der Waals surface area contributed by atoms with Crippen molar-refractivity contribution in [2.45, 2.75) is 0 Å². The van der Waals surface area contributed by atoms with Crippen LogP contribution in [0.15, 0.2) is 46.9 Å². The number of carbonyl (C=O) groups excluding carboxylic acids is 1. The summed E-state index contributed by atoms with van der Waals surface area (Å²) in [7, 11) is 0. The van der Waals surface area contributed by atoms with E-state index in [1.807, 2.05) is 12.1 Å². The molecule has 0 bridgehead atoms. The lowest BCUT2D eigenvalue weighted by Gasteiger charge is -2.04. The highest BCUT2D eigenvalue weighted by Crippen LogP contribution is 2.22. The molecular formula is C13H7BrFIO. The Bertz CT molecular complexity index is 583. The number of rotatable bonds is 2. The second-order valence-corrected chi connectivity index (χ2v) is 5.56. The Morgan fingerprint density at radius 2 is 1.94 bits per heavy atom. The molecule has 2 aromatic carbocycles. The van der Waals surface area contributed by atoms with Gasteiger partial charge in [0.1, 0.15) is 5.82 Å². The molecule has 0 aliphatic carbocycles. The molecule has 0 fully saturated rings. The summed E-state index contributed by atoms with van der Waals surface area (Å²) in [6.45, 7) is 0. The summed E-state index contributed by atoms with van der Waals surface area (Å²) in [6.07, 6.45) is 0. The number of hydrogen-bond acceptors (Lipinski definition) is 1. The second kappa shape index (κ2) is 5.27. The quantitative estimate of drug-likeness (QED) is 0.534. The highest BCUT2D eigenvalue weighted by atomic mass is 127. The molecule has 0 aromatic heterocycles. The molecule has 86 valence electrons. The predicted molar refractivity (Wildman–Crippen MR) is 76.7 cm³/mol. The van der Waals surface area contributed by atoms with Crippen molar-refractivity contribution in [3.8, 4) is 0 Å². The van der Waals surface area contributed by atoms with Crippen LogP contribution in [0.2, 0.25) is 0 Å². The van der Waals surface area contributed by atoms with E-state index in [4.69, 9.17) is 0 Å². The van der Waals surface area contributed by atoms with Crippen LogP contribution in [0.5, 0.6) is 0 Å². The standard InChI is InChI=1S/C13H7BrFIO/c14-12-5-4-10(16)7-11(12)13(17)8-2-1-3-9(15)6-8/h1-7H.